The number of nitrogens with zero attached hydrogens (tertiary/aromatic N) is 5. The summed E-state index contributed by atoms with van der Waals surface area (Å²) in [5.41, 5.74) is 0.491. The van der Waals surface area contributed by atoms with E-state index in [1.807, 2.05) is 12.1 Å². The summed E-state index contributed by atoms with van der Waals surface area (Å²) < 4.78 is 3.24. The molecule has 9 nitrogen and oxygen atoms in total. The van der Waals surface area contributed by atoms with Crippen molar-refractivity contribution in [2.45, 2.75) is 11.7 Å². The first kappa shape index (κ1) is 19.6. The number of para-hydroxylation sites is 1. The number of carbonyl (C=O) groups excluding carboxylic acids is 2. The molecule has 0 bridgehead atoms. The van der Waals surface area contributed by atoms with Crippen LogP contribution in [0.25, 0.3) is 16.7 Å². The maximum absolute atomic E-state index is 12.7. The molecule has 0 unspecified atom stereocenters. The Morgan fingerprint density at radius 2 is 2.04 bits per heavy atom. The molecule has 146 valence electrons. The van der Waals surface area contributed by atoms with Gasteiger partial charge >= 0.3 is 0 Å². The minimum atomic E-state index is -0.291. The summed E-state index contributed by atoms with van der Waals surface area (Å²) in [6.07, 6.45) is 1.62. The zero-order chi connectivity index (χ0) is 20.3. The van der Waals surface area contributed by atoms with Gasteiger partial charge < -0.3 is 10.2 Å². The van der Waals surface area contributed by atoms with Crippen LogP contribution < -0.4 is 10.9 Å². The van der Waals surface area contributed by atoms with E-state index in [4.69, 9.17) is 0 Å². The van der Waals surface area contributed by atoms with Gasteiger partial charge in [-0.3, -0.25) is 23.4 Å². The van der Waals surface area contributed by atoms with Crippen LogP contribution in [0, 0.1) is 0 Å². The Balaban J connectivity index is 1.91. The molecular formula is C18H20N6O3S. The average molecular weight is 400 g/mol. The van der Waals surface area contributed by atoms with E-state index >= 15 is 0 Å². The lowest BCUT2D eigenvalue weighted by Crippen LogP contribution is -2.37. The Labute approximate surface area is 165 Å². The van der Waals surface area contributed by atoms with Gasteiger partial charge in [0.2, 0.25) is 17.6 Å². The molecule has 0 atom stereocenters. The molecule has 0 aliphatic heterocycles. The fourth-order valence-electron chi connectivity index (χ4n) is 2.63. The van der Waals surface area contributed by atoms with Crippen molar-refractivity contribution in [3.8, 4) is 0 Å². The van der Waals surface area contributed by atoms with E-state index in [-0.39, 0.29) is 29.7 Å². The van der Waals surface area contributed by atoms with Crippen LogP contribution in [0.1, 0.15) is 0 Å². The largest absolute Gasteiger partial charge is 0.347 e. The number of likely N-dealkylation sites (N-methyl/N-ethyl adjacent to an activating group) is 1. The molecule has 2 amide bonds. The predicted molar refractivity (Wildman–Crippen MR) is 107 cm³/mol. The zero-order valence-corrected chi connectivity index (χ0v) is 16.4. The van der Waals surface area contributed by atoms with E-state index in [2.05, 4.69) is 22.1 Å². The maximum atomic E-state index is 12.7. The minimum absolute atomic E-state index is 0.0607. The molecule has 2 aromatic heterocycles. The molecule has 1 N–H and O–H groups in total. The highest BCUT2D eigenvalue weighted by Crippen LogP contribution is 2.21. The number of nitrogens with one attached hydrogen (secondary N) is 1. The van der Waals surface area contributed by atoms with Crippen molar-refractivity contribution in [3.05, 3.63) is 47.3 Å². The van der Waals surface area contributed by atoms with Crippen molar-refractivity contribution >= 4 is 40.3 Å². The maximum Gasteiger partial charge on any atom is 0.263 e. The minimum Gasteiger partial charge on any atom is -0.347 e. The number of hydrogen-bond donors (Lipinski definition) is 1. The Kier molecular flexibility index (Phi) is 5.78. The van der Waals surface area contributed by atoms with E-state index in [0.717, 1.165) is 0 Å². The van der Waals surface area contributed by atoms with Crippen LogP contribution in [0.2, 0.25) is 0 Å². The lowest BCUT2D eigenvalue weighted by atomic mass is 10.2. The number of benzene rings is 1. The third kappa shape index (κ3) is 3.77. The standard InChI is InChI=1S/C18H20N6O3S/c1-4-9-23-16(27)12-7-5-6-8-13(12)24-17(23)20-21-18(24)28-11-14(25)19-10-15(26)22(2)3/h4-8H,1,9-11H2,2-3H3,(H,19,25). The number of aromatic nitrogens is 4. The zero-order valence-electron chi connectivity index (χ0n) is 15.6. The normalized spacial score (nSPS) is 10.9. The van der Waals surface area contributed by atoms with Gasteiger partial charge in [-0.05, 0) is 12.1 Å². The molecule has 0 radical (unpaired) electrons. The van der Waals surface area contributed by atoms with Crippen LogP contribution in [0.15, 0.2) is 46.9 Å². The highest BCUT2D eigenvalue weighted by molar-refractivity contribution is 7.99. The second kappa shape index (κ2) is 8.26. The van der Waals surface area contributed by atoms with Crippen LogP contribution in [-0.2, 0) is 16.1 Å². The SMILES string of the molecule is C=CCn1c(=O)c2ccccc2n2c(SCC(=O)NCC(=O)N(C)C)nnc12. The number of carbonyl (C=O) groups is 2. The van der Waals surface area contributed by atoms with E-state index in [1.165, 1.54) is 21.2 Å². The Morgan fingerprint density at radius 3 is 2.75 bits per heavy atom. The Bertz CT molecular complexity index is 1120. The molecule has 3 rings (SSSR count). The van der Waals surface area contributed by atoms with E-state index in [1.54, 1.807) is 36.7 Å². The summed E-state index contributed by atoms with van der Waals surface area (Å²) in [4.78, 5) is 37.8. The fraction of sp³-hybridized carbons (Fsp3) is 0.278. The van der Waals surface area contributed by atoms with Gasteiger partial charge in [-0.1, -0.05) is 30.0 Å². The summed E-state index contributed by atoms with van der Waals surface area (Å²) in [7, 11) is 3.25. The highest BCUT2D eigenvalue weighted by atomic mass is 32.2. The topological polar surface area (TPSA) is 102 Å². The van der Waals surface area contributed by atoms with Crippen LogP contribution in [-0.4, -0.2) is 62.3 Å². The third-order valence-corrected chi connectivity index (χ3v) is 4.99. The van der Waals surface area contributed by atoms with Crippen LogP contribution in [0.4, 0.5) is 0 Å². The van der Waals surface area contributed by atoms with Gasteiger partial charge in [-0.25, -0.2) is 0 Å². The summed E-state index contributed by atoms with van der Waals surface area (Å²) in [5.74, 6) is -0.0307. The van der Waals surface area contributed by atoms with Gasteiger partial charge in [-0.15, -0.1) is 16.8 Å². The van der Waals surface area contributed by atoms with Gasteiger partial charge in [0.05, 0.1) is 23.2 Å². The van der Waals surface area contributed by atoms with Crippen molar-refractivity contribution in [3.63, 3.8) is 0 Å². The quantitative estimate of drug-likeness (QED) is 0.458. The van der Waals surface area contributed by atoms with Crippen molar-refractivity contribution < 1.29 is 9.59 Å². The van der Waals surface area contributed by atoms with E-state index in [0.29, 0.717) is 28.4 Å². The fourth-order valence-corrected chi connectivity index (χ4v) is 3.40. The lowest BCUT2D eigenvalue weighted by molar-refractivity contribution is -0.130. The Hall–Kier alpha value is -3.14. The molecule has 1 aromatic carbocycles. The van der Waals surface area contributed by atoms with Gasteiger partial charge in [0.25, 0.3) is 5.56 Å². The first-order valence-electron chi connectivity index (χ1n) is 8.51. The third-order valence-electron chi connectivity index (χ3n) is 4.06. The van der Waals surface area contributed by atoms with Crippen molar-refractivity contribution in [2.75, 3.05) is 26.4 Å². The number of amides is 2. The first-order chi connectivity index (χ1) is 13.4. The molecule has 10 heteroatoms. The second-order valence-electron chi connectivity index (χ2n) is 6.19. The van der Waals surface area contributed by atoms with Gasteiger partial charge in [-0.2, -0.15) is 0 Å². The van der Waals surface area contributed by atoms with E-state index in [9.17, 15) is 14.4 Å². The van der Waals surface area contributed by atoms with Crippen LogP contribution >= 0.6 is 11.8 Å². The summed E-state index contributed by atoms with van der Waals surface area (Å²) in [5, 5.41) is 11.9. The molecular weight excluding hydrogens is 380 g/mol. The van der Waals surface area contributed by atoms with Gasteiger partial charge in [0.15, 0.2) is 5.16 Å². The van der Waals surface area contributed by atoms with Gasteiger partial charge in [0.1, 0.15) is 0 Å². The molecule has 0 fully saturated rings. The smallest absolute Gasteiger partial charge is 0.263 e. The van der Waals surface area contributed by atoms with Crippen molar-refractivity contribution in [1.82, 2.24) is 29.4 Å². The monoisotopic (exact) mass is 400 g/mol. The number of hydrogen-bond acceptors (Lipinski definition) is 6. The van der Waals surface area contributed by atoms with Crippen molar-refractivity contribution in [1.29, 1.82) is 0 Å². The highest BCUT2D eigenvalue weighted by Gasteiger charge is 2.17. The molecule has 0 saturated heterocycles. The first-order valence-corrected chi connectivity index (χ1v) is 9.49. The molecule has 2 heterocycles. The summed E-state index contributed by atoms with van der Waals surface area (Å²) in [6, 6.07) is 7.17. The molecule has 0 aliphatic rings. The Morgan fingerprint density at radius 1 is 1.29 bits per heavy atom. The molecule has 0 aliphatic carbocycles. The summed E-state index contributed by atoms with van der Waals surface area (Å²) in [6.45, 7) is 3.93. The lowest BCUT2D eigenvalue weighted by Gasteiger charge is -2.11. The second-order valence-corrected chi connectivity index (χ2v) is 7.14. The average Bonchev–Trinajstić information content (AvgIpc) is 3.11. The van der Waals surface area contributed by atoms with Crippen LogP contribution in [0.3, 0.4) is 0 Å². The predicted octanol–water partition coefficient (Wildman–Crippen LogP) is 0.527. The number of rotatable bonds is 7. The number of allylic oxidation sites excluding steroid dienone is 1. The number of thioether (sulfide) groups is 1. The van der Waals surface area contributed by atoms with Crippen LogP contribution in [0.5, 0.6) is 0 Å². The molecule has 3 aromatic rings. The number of fused-ring (bicyclic) bond motifs is 3. The summed E-state index contributed by atoms with van der Waals surface area (Å²) >= 11 is 1.18. The van der Waals surface area contributed by atoms with E-state index < -0.39 is 0 Å². The molecule has 28 heavy (non-hydrogen) atoms. The van der Waals surface area contributed by atoms with Crippen molar-refractivity contribution in [2.24, 2.45) is 0 Å². The molecule has 0 saturated carbocycles. The van der Waals surface area contributed by atoms with Gasteiger partial charge in [0, 0.05) is 20.6 Å². The molecule has 0 spiro atoms.